The monoisotopic (exact) mass is 331 g/mol. The average molecular weight is 331 g/mol. The second-order valence-corrected chi connectivity index (χ2v) is 7.41. The van der Waals surface area contributed by atoms with E-state index in [2.05, 4.69) is 18.0 Å². The molecule has 0 saturated carbocycles. The maximum atomic E-state index is 12.5. The van der Waals surface area contributed by atoms with E-state index in [-0.39, 0.29) is 11.5 Å². The van der Waals surface area contributed by atoms with Crippen LogP contribution in [0.5, 0.6) is 0 Å². The molecule has 1 spiro atoms. The van der Waals surface area contributed by atoms with E-state index >= 15 is 0 Å². The first kappa shape index (κ1) is 14.9. The van der Waals surface area contributed by atoms with E-state index in [1.165, 1.54) is 5.57 Å². The lowest BCUT2D eigenvalue weighted by molar-refractivity contribution is -0.135. The van der Waals surface area contributed by atoms with Crippen molar-refractivity contribution < 1.29 is 9.53 Å². The Labute approximate surface area is 139 Å². The van der Waals surface area contributed by atoms with Crippen molar-refractivity contribution in [2.75, 3.05) is 19.7 Å². The molecule has 4 rings (SSSR count). The summed E-state index contributed by atoms with van der Waals surface area (Å²) in [6.07, 6.45) is 9.41. The van der Waals surface area contributed by atoms with E-state index in [9.17, 15) is 4.79 Å². The summed E-state index contributed by atoms with van der Waals surface area (Å²) in [6.45, 7) is 4.52. The summed E-state index contributed by atoms with van der Waals surface area (Å²) in [5, 5.41) is 2.00. The average Bonchev–Trinajstić information content (AvgIpc) is 3.09. The predicted octanol–water partition coefficient (Wildman–Crippen LogP) is 2.67. The van der Waals surface area contributed by atoms with Gasteiger partial charge in [-0.05, 0) is 26.2 Å². The molecule has 5 nitrogen and oxygen atoms in total. The predicted molar refractivity (Wildman–Crippen MR) is 89.6 cm³/mol. The van der Waals surface area contributed by atoms with Crippen molar-refractivity contribution in [3.63, 3.8) is 0 Å². The van der Waals surface area contributed by atoms with Crippen LogP contribution in [0.2, 0.25) is 0 Å². The third-order valence-electron chi connectivity index (χ3n) is 4.83. The molecule has 0 bridgehead atoms. The summed E-state index contributed by atoms with van der Waals surface area (Å²) in [4.78, 5) is 19.9. The number of thiazole rings is 1. The van der Waals surface area contributed by atoms with Gasteiger partial charge in [0, 0.05) is 30.9 Å². The molecule has 0 atom stereocenters. The Bertz CT molecular complexity index is 724. The summed E-state index contributed by atoms with van der Waals surface area (Å²) in [7, 11) is 0. The number of ether oxygens (including phenoxy) is 1. The Kier molecular flexibility index (Phi) is 3.73. The highest BCUT2D eigenvalue weighted by Gasteiger charge is 2.36. The molecule has 2 aliphatic heterocycles. The molecule has 1 saturated heterocycles. The van der Waals surface area contributed by atoms with Crippen molar-refractivity contribution in [2.45, 2.75) is 38.2 Å². The van der Waals surface area contributed by atoms with Gasteiger partial charge in [0.05, 0.1) is 24.3 Å². The Morgan fingerprint density at radius 1 is 1.43 bits per heavy atom. The van der Waals surface area contributed by atoms with Gasteiger partial charge in [-0.3, -0.25) is 9.20 Å². The molecule has 1 fully saturated rings. The van der Waals surface area contributed by atoms with E-state index in [1.807, 2.05) is 27.1 Å². The van der Waals surface area contributed by atoms with Gasteiger partial charge >= 0.3 is 0 Å². The van der Waals surface area contributed by atoms with Crippen LogP contribution < -0.4 is 0 Å². The quantitative estimate of drug-likeness (QED) is 0.795. The van der Waals surface area contributed by atoms with Crippen molar-refractivity contribution in [3.05, 3.63) is 35.1 Å². The number of carbonyl (C=O) groups is 1. The third-order valence-corrected chi connectivity index (χ3v) is 5.60. The molecule has 0 radical (unpaired) electrons. The highest BCUT2D eigenvalue weighted by atomic mass is 32.1. The number of piperidine rings is 1. The Morgan fingerprint density at radius 2 is 2.26 bits per heavy atom. The number of rotatable bonds is 2. The number of carbonyl (C=O) groups excluding carboxylic acids is 1. The molecule has 0 aliphatic carbocycles. The topological polar surface area (TPSA) is 46.8 Å². The van der Waals surface area contributed by atoms with Gasteiger partial charge in [0.25, 0.3) is 0 Å². The fraction of sp³-hybridized carbons (Fsp3) is 0.529. The van der Waals surface area contributed by atoms with Gasteiger partial charge in [-0.15, -0.1) is 11.3 Å². The standard InChI is InChI=1S/C17H21N3O2S/c1-13-2-8-22-17(11-13)3-5-19(6-4-17)15(21)10-14-12-20-7-9-23-16(20)18-14/h7,9,11-12H,2-6,8,10H2,1H3. The molecule has 23 heavy (non-hydrogen) atoms. The number of imidazole rings is 1. The van der Waals surface area contributed by atoms with Crippen LogP contribution >= 0.6 is 11.3 Å². The maximum Gasteiger partial charge on any atom is 0.228 e. The van der Waals surface area contributed by atoms with E-state index in [0.29, 0.717) is 6.42 Å². The van der Waals surface area contributed by atoms with Crippen LogP contribution in [-0.2, 0) is 16.0 Å². The Morgan fingerprint density at radius 3 is 3.00 bits per heavy atom. The third kappa shape index (κ3) is 2.93. The lowest BCUT2D eigenvalue weighted by atomic mass is 9.87. The van der Waals surface area contributed by atoms with Gasteiger partial charge in [0.2, 0.25) is 5.91 Å². The molecule has 122 valence electrons. The Hall–Kier alpha value is -1.66. The van der Waals surface area contributed by atoms with Gasteiger partial charge in [0.1, 0.15) is 0 Å². The second-order valence-electron chi connectivity index (χ2n) is 6.54. The number of fused-ring (bicyclic) bond motifs is 1. The SMILES string of the molecule is CC1=CC2(CCN(C(=O)Cc3cn4ccsc4n3)CC2)OCC1. The zero-order valence-corrected chi connectivity index (χ0v) is 14.1. The minimum absolute atomic E-state index is 0.129. The van der Waals surface area contributed by atoms with Gasteiger partial charge in [-0.2, -0.15) is 0 Å². The molecular formula is C17H21N3O2S. The molecule has 1 amide bonds. The highest BCUT2D eigenvalue weighted by Crippen LogP contribution is 2.33. The van der Waals surface area contributed by atoms with Gasteiger partial charge in [-0.25, -0.2) is 4.98 Å². The number of likely N-dealkylation sites (tertiary alicyclic amines) is 1. The Balaban J connectivity index is 1.39. The van der Waals surface area contributed by atoms with Gasteiger partial charge < -0.3 is 9.64 Å². The maximum absolute atomic E-state index is 12.5. The largest absolute Gasteiger partial charge is 0.370 e. The molecule has 4 heterocycles. The van der Waals surface area contributed by atoms with Crippen LogP contribution in [0.1, 0.15) is 31.9 Å². The molecule has 0 N–H and O–H groups in total. The summed E-state index contributed by atoms with van der Waals surface area (Å²) < 4.78 is 8.00. The van der Waals surface area contributed by atoms with Crippen LogP contribution in [0.3, 0.4) is 0 Å². The highest BCUT2D eigenvalue weighted by molar-refractivity contribution is 7.15. The minimum Gasteiger partial charge on any atom is -0.370 e. The zero-order valence-electron chi connectivity index (χ0n) is 13.3. The summed E-state index contributed by atoms with van der Waals surface area (Å²) in [5.74, 6) is 0.169. The van der Waals surface area contributed by atoms with Gasteiger partial charge in [0.15, 0.2) is 4.96 Å². The molecule has 2 aromatic heterocycles. The first-order valence-electron chi connectivity index (χ1n) is 8.15. The molecule has 2 aromatic rings. The normalized spacial score (nSPS) is 20.9. The van der Waals surface area contributed by atoms with Crippen molar-refractivity contribution in [2.24, 2.45) is 0 Å². The number of amides is 1. The van der Waals surface area contributed by atoms with E-state index in [4.69, 9.17) is 4.74 Å². The van der Waals surface area contributed by atoms with Crippen LogP contribution in [0.25, 0.3) is 4.96 Å². The first-order chi connectivity index (χ1) is 11.1. The fourth-order valence-corrected chi connectivity index (χ4v) is 4.25. The van der Waals surface area contributed by atoms with Crippen molar-refractivity contribution in [1.29, 1.82) is 0 Å². The zero-order chi connectivity index (χ0) is 15.9. The van der Waals surface area contributed by atoms with Crippen molar-refractivity contribution in [1.82, 2.24) is 14.3 Å². The van der Waals surface area contributed by atoms with Crippen LogP contribution in [0.4, 0.5) is 0 Å². The molecule has 6 heteroatoms. The molecule has 2 aliphatic rings. The van der Waals surface area contributed by atoms with Gasteiger partial charge in [-0.1, -0.05) is 11.6 Å². The number of nitrogens with zero attached hydrogens (tertiary/aromatic N) is 3. The van der Waals surface area contributed by atoms with Crippen molar-refractivity contribution in [3.8, 4) is 0 Å². The summed E-state index contributed by atoms with van der Waals surface area (Å²) >= 11 is 1.59. The van der Waals surface area contributed by atoms with E-state index < -0.39 is 0 Å². The lowest BCUT2D eigenvalue weighted by Gasteiger charge is -2.42. The van der Waals surface area contributed by atoms with E-state index in [0.717, 1.165) is 49.6 Å². The van der Waals surface area contributed by atoms with Crippen LogP contribution in [0.15, 0.2) is 29.4 Å². The second kappa shape index (κ2) is 5.76. The molecule has 0 unspecified atom stereocenters. The summed E-state index contributed by atoms with van der Waals surface area (Å²) in [5.41, 5.74) is 2.14. The van der Waals surface area contributed by atoms with Crippen molar-refractivity contribution >= 4 is 22.2 Å². The molecule has 0 aromatic carbocycles. The number of hydrogen-bond donors (Lipinski definition) is 0. The number of hydrogen-bond acceptors (Lipinski definition) is 4. The minimum atomic E-state index is -0.129. The van der Waals surface area contributed by atoms with Crippen LogP contribution in [0, 0.1) is 0 Å². The number of aromatic nitrogens is 2. The first-order valence-corrected chi connectivity index (χ1v) is 9.03. The van der Waals surface area contributed by atoms with Crippen LogP contribution in [-0.4, -0.2) is 45.5 Å². The summed E-state index contributed by atoms with van der Waals surface area (Å²) in [6, 6.07) is 0. The lowest BCUT2D eigenvalue weighted by Crippen LogP contribution is -2.48. The fourth-order valence-electron chi connectivity index (χ4n) is 3.53. The molecular weight excluding hydrogens is 310 g/mol. The van der Waals surface area contributed by atoms with E-state index in [1.54, 1.807) is 11.3 Å². The smallest absolute Gasteiger partial charge is 0.228 e.